The van der Waals surface area contributed by atoms with Gasteiger partial charge in [0, 0.05) is 0 Å². The van der Waals surface area contributed by atoms with Crippen LogP contribution >= 0.6 is 11.3 Å². The Morgan fingerprint density at radius 3 is 2.41 bits per heavy atom. The highest BCUT2D eigenvalue weighted by atomic mass is 32.1. The molecule has 0 fully saturated rings. The summed E-state index contributed by atoms with van der Waals surface area (Å²) in [5.74, 6) is -2.77. The normalized spacial score (nSPS) is 12.6. The van der Waals surface area contributed by atoms with E-state index in [-0.39, 0.29) is 17.9 Å². The Balaban J connectivity index is 1.42. The van der Waals surface area contributed by atoms with Crippen LogP contribution in [-0.2, 0) is 27.3 Å². The molecule has 37 heavy (non-hydrogen) atoms. The molecule has 4 rings (SSSR count). The number of thiazole rings is 1. The molecule has 9 nitrogen and oxygen atoms in total. The molecule has 2 unspecified atom stereocenters. The van der Waals surface area contributed by atoms with Gasteiger partial charge in [-0.25, -0.2) is 0 Å². The number of carboxylic acid groups (broad SMARTS) is 1. The quantitative estimate of drug-likeness (QED) is 0.176. The SMILES string of the molecule is COC(=O)C(Cc1ccc(OCCn2c(=O)sc3cc(C(N=O)c4ccccc4)ccc32)cc1)C(=O)O. The van der Waals surface area contributed by atoms with Crippen LogP contribution in [0, 0.1) is 10.8 Å². The third-order valence-corrected chi connectivity index (χ3v) is 6.90. The number of hydrogen-bond donors (Lipinski definition) is 1. The van der Waals surface area contributed by atoms with Gasteiger partial charge in [-0.1, -0.05) is 65.0 Å². The second-order valence-corrected chi connectivity index (χ2v) is 9.27. The second-order valence-electron chi connectivity index (χ2n) is 8.28. The minimum atomic E-state index is -1.28. The lowest BCUT2D eigenvalue weighted by atomic mass is 9.99. The molecule has 190 valence electrons. The van der Waals surface area contributed by atoms with Crippen LogP contribution in [0.2, 0.25) is 0 Å². The zero-order chi connectivity index (χ0) is 26.4. The van der Waals surface area contributed by atoms with Gasteiger partial charge in [-0.15, -0.1) is 4.91 Å². The highest BCUT2D eigenvalue weighted by molar-refractivity contribution is 7.16. The number of nitroso groups, excluding NO2 is 1. The predicted molar refractivity (Wildman–Crippen MR) is 139 cm³/mol. The van der Waals surface area contributed by atoms with E-state index >= 15 is 0 Å². The molecule has 0 amide bonds. The smallest absolute Gasteiger partial charge is 0.320 e. The molecule has 0 radical (unpaired) electrons. The number of aliphatic carboxylic acids is 1. The summed E-state index contributed by atoms with van der Waals surface area (Å²) in [7, 11) is 1.15. The fourth-order valence-electron chi connectivity index (χ4n) is 4.04. The van der Waals surface area contributed by atoms with Gasteiger partial charge in [0.25, 0.3) is 0 Å². The zero-order valence-corrected chi connectivity index (χ0v) is 20.7. The van der Waals surface area contributed by atoms with Gasteiger partial charge in [0.05, 0.1) is 23.9 Å². The molecule has 0 bridgehead atoms. The summed E-state index contributed by atoms with van der Waals surface area (Å²) in [6.45, 7) is 0.548. The first-order valence-corrected chi connectivity index (χ1v) is 12.3. The average Bonchev–Trinajstić information content (AvgIpc) is 3.22. The highest BCUT2D eigenvalue weighted by Crippen LogP contribution is 2.29. The van der Waals surface area contributed by atoms with Crippen LogP contribution in [0.5, 0.6) is 5.75 Å². The number of ether oxygens (including phenoxy) is 2. The van der Waals surface area contributed by atoms with E-state index in [0.717, 1.165) is 39.8 Å². The number of benzene rings is 3. The van der Waals surface area contributed by atoms with Gasteiger partial charge >= 0.3 is 16.8 Å². The van der Waals surface area contributed by atoms with Crippen LogP contribution in [0.1, 0.15) is 22.7 Å². The van der Waals surface area contributed by atoms with E-state index in [1.54, 1.807) is 28.8 Å². The Morgan fingerprint density at radius 1 is 1.03 bits per heavy atom. The topological polar surface area (TPSA) is 124 Å². The maximum atomic E-state index is 12.6. The van der Waals surface area contributed by atoms with Crippen LogP contribution in [-0.4, -0.2) is 35.3 Å². The van der Waals surface area contributed by atoms with E-state index < -0.39 is 23.9 Å². The number of carbonyl (C=O) groups is 2. The molecule has 0 aliphatic carbocycles. The maximum absolute atomic E-state index is 12.6. The Bertz CT molecular complexity index is 1460. The van der Waals surface area contributed by atoms with Crippen molar-refractivity contribution >= 4 is 33.5 Å². The van der Waals surface area contributed by atoms with E-state index in [2.05, 4.69) is 9.91 Å². The molecule has 10 heteroatoms. The zero-order valence-electron chi connectivity index (χ0n) is 19.9. The van der Waals surface area contributed by atoms with Gasteiger partial charge in [0.15, 0.2) is 5.92 Å². The first-order valence-electron chi connectivity index (χ1n) is 11.4. The molecule has 3 aromatic carbocycles. The molecule has 0 aliphatic heterocycles. The van der Waals surface area contributed by atoms with Crippen molar-refractivity contribution in [1.29, 1.82) is 0 Å². The number of fused-ring (bicyclic) bond motifs is 1. The van der Waals surface area contributed by atoms with Gasteiger partial charge < -0.3 is 14.6 Å². The van der Waals surface area contributed by atoms with Crippen molar-refractivity contribution in [3.8, 4) is 5.75 Å². The van der Waals surface area contributed by atoms with Gasteiger partial charge in [-0.05, 0) is 47.4 Å². The molecule has 2 atom stereocenters. The van der Waals surface area contributed by atoms with E-state index in [0.29, 0.717) is 17.9 Å². The minimum absolute atomic E-state index is 0.00527. The van der Waals surface area contributed by atoms with Crippen molar-refractivity contribution in [3.05, 3.63) is 104 Å². The summed E-state index contributed by atoms with van der Waals surface area (Å²) >= 11 is 1.10. The largest absolute Gasteiger partial charge is 0.492 e. The number of carboxylic acids is 1. The van der Waals surface area contributed by atoms with Crippen molar-refractivity contribution in [3.63, 3.8) is 0 Å². The van der Waals surface area contributed by atoms with Gasteiger partial charge in [-0.2, -0.15) is 0 Å². The number of rotatable bonds is 11. The molecule has 1 heterocycles. The van der Waals surface area contributed by atoms with E-state index in [1.807, 2.05) is 48.5 Å². The first kappa shape index (κ1) is 25.8. The summed E-state index contributed by atoms with van der Waals surface area (Å²) in [6.07, 6.45) is 0.00527. The molecular formula is C27H24N2O7S. The molecule has 1 aromatic heterocycles. The molecule has 1 N–H and O–H groups in total. The fourth-order valence-corrected chi connectivity index (χ4v) is 5.01. The van der Waals surface area contributed by atoms with Crippen molar-refractivity contribution in [2.24, 2.45) is 11.1 Å². The summed E-state index contributed by atoms with van der Waals surface area (Å²) in [5.41, 5.74) is 2.90. The van der Waals surface area contributed by atoms with Crippen LogP contribution in [0.25, 0.3) is 10.2 Å². The van der Waals surface area contributed by atoms with Crippen LogP contribution < -0.4 is 9.61 Å². The van der Waals surface area contributed by atoms with E-state index in [9.17, 15) is 24.4 Å². The van der Waals surface area contributed by atoms with Gasteiger partial charge in [0.2, 0.25) is 0 Å². The molecule has 0 spiro atoms. The first-order chi connectivity index (χ1) is 17.9. The molecule has 0 aliphatic rings. The Morgan fingerprint density at radius 2 is 1.76 bits per heavy atom. The molecule has 0 saturated heterocycles. The third-order valence-electron chi connectivity index (χ3n) is 5.96. The monoisotopic (exact) mass is 520 g/mol. The fraction of sp³-hybridized carbons (Fsp3) is 0.222. The number of hydrogen-bond acceptors (Lipinski definition) is 8. The minimum Gasteiger partial charge on any atom is -0.492 e. The van der Waals surface area contributed by atoms with Crippen molar-refractivity contribution < 1.29 is 24.2 Å². The van der Waals surface area contributed by atoms with Crippen LogP contribution in [0.15, 0.2) is 82.8 Å². The molecule has 0 saturated carbocycles. The van der Waals surface area contributed by atoms with Crippen molar-refractivity contribution in [2.45, 2.75) is 19.0 Å². The number of methoxy groups -OCH3 is 1. The maximum Gasteiger partial charge on any atom is 0.320 e. The Labute approximate surface area is 215 Å². The van der Waals surface area contributed by atoms with Crippen LogP contribution in [0.3, 0.4) is 0 Å². The van der Waals surface area contributed by atoms with Crippen LogP contribution in [0.4, 0.5) is 0 Å². The van der Waals surface area contributed by atoms with Crippen molar-refractivity contribution in [2.75, 3.05) is 13.7 Å². The summed E-state index contributed by atoms with van der Waals surface area (Å²) in [5, 5.41) is 12.5. The lowest BCUT2D eigenvalue weighted by Crippen LogP contribution is -2.27. The predicted octanol–water partition coefficient (Wildman–Crippen LogP) is 4.41. The number of aromatic nitrogens is 1. The van der Waals surface area contributed by atoms with Crippen molar-refractivity contribution in [1.82, 2.24) is 4.57 Å². The molecular weight excluding hydrogens is 496 g/mol. The van der Waals surface area contributed by atoms with E-state index in [1.165, 1.54) is 0 Å². The number of nitrogens with zero attached hydrogens (tertiary/aromatic N) is 2. The van der Waals surface area contributed by atoms with Gasteiger partial charge in [-0.3, -0.25) is 19.0 Å². The summed E-state index contributed by atoms with van der Waals surface area (Å²) in [4.78, 5) is 47.0. The summed E-state index contributed by atoms with van der Waals surface area (Å²) in [6, 6.07) is 20.8. The standard InChI is InChI=1S/C27H24N2O7S/c1-35-26(32)21(25(30)31)15-17-7-10-20(11-8-17)36-14-13-29-22-12-9-19(16-23(22)37-27(29)33)24(28-34)18-5-3-2-4-6-18/h2-12,16,21,24H,13-15H2,1H3,(H,30,31). The number of carbonyl (C=O) groups excluding carboxylic acids is 1. The number of esters is 1. The van der Waals surface area contributed by atoms with Gasteiger partial charge in [0.1, 0.15) is 18.4 Å². The second kappa shape index (κ2) is 11.6. The summed E-state index contributed by atoms with van der Waals surface area (Å²) < 4.78 is 12.7. The van der Waals surface area contributed by atoms with E-state index in [4.69, 9.17) is 4.74 Å². The Hall–Kier alpha value is -4.31. The lowest BCUT2D eigenvalue weighted by molar-refractivity contribution is -0.156. The third kappa shape index (κ3) is 5.92. The molecule has 4 aromatic rings. The Kier molecular flexibility index (Phi) is 8.09. The average molecular weight is 521 g/mol. The highest BCUT2D eigenvalue weighted by Gasteiger charge is 2.27. The lowest BCUT2D eigenvalue weighted by Gasteiger charge is -2.12.